The molecule has 0 aliphatic carbocycles. The number of para-hydroxylation sites is 1. The van der Waals surface area contributed by atoms with Crippen molar-refractivity contribution < 1.29 is 19.0 Å². The van der Waals surface area contributed by atoms with E-state index in [4.69, 9.17) is 14.2 Å². The van der Waals surface area contributed by atoms with Crippen LogP contribution in [0, 0.1) is 13.8 Å². The fourth-order valence-corrected chi connectivity index (χ4v) is 2.78. The van der Waals surface area contributed by atoms with Crippen LogP contribution in [0.25, 0.3) is 0 Å². The second kappa shape index (κ2) is 7.99. The fraction of sp³-hybridized carbons (Fsp3) is 0.350. The van der Waals surface area contributed by atoms with Crippen molar-refractivity contribution in [2.45, 2.75) is 33.4 Å². The lowest BCUT2D eigenvalue weighted by atomic mass is 10.1. The van der Waals surface area contributed by atoms with Crippen molar-refractivity contribution in [1.29, 1.82) is 0 Å². The lowest BCUT2D eigenvalue weighted by molar-refractivity contribution is 0.174. The summed E-state index contributed by atoms with van der Waals surface area (Å²) in [6.07, 6.45) is 0. The van der Waals surface area contributed by atoms with Crippen molar-refractivity contribution in [2.75, 3.05) is 13.4 Å². The normalized spacial score (nSPS) is 13.2. The summed E-state index contributed by atoms with van der Waals surface area (Å²) in [6, 6.07) is 11.3. The number of aryl methyl sites for hydroxylation is 2. The number of hydrogen-bond donors (Lipinski definition) is 2. The third-order valence-electron chi connectivity index (χ3n) is 4.15. The third kappa shape index (κ3) is 4.39. The molecule has 0 saturated carbocycles. The summed E-state index contributed by atoms with van der Waals surface area (Å²) < 4.78 is 16.5. The van der Waals surface area contributed by atoms with Gasteiger partial charge in [0.25, 0.3) is 0 Å². The number of urea groups is 1. The van der Waals surface area contributed by atoms with Gasteiger partial charge in [-0.15, -0.1) is 0 Å². The molecule has 2 aromatic rings. The van der Waals surface area contributed by atoms with Crippen LogP contribution in [0.1, 0.15) is 23.6 Å². The molecule has 6 nitrogen and oxygen atoms in total. The van der Waals surface area contributed by atoms with Crippen LogP contribution in [-0.4, -0.2) is 25.5 Å². The quantitative estimate of drug-likeness (QED) is 0.833. The van der Waals surface area contributed by atoms with Gasteiger partial charge in [-0.1, -0.05) is 24.3 Å². The van der Waals surface area contributed by atoms with Crippen LogP contribution in [0.2, 0.25) is 0 Å². The number of nitrogens with one attached hydrogen (secondary N) is 2. The van der Waals surface area contributed by atoms with E-state index in [-0.39, 0.29) is 18.9 Å². The molecule has 1 unspecified atom stereocenters. The van der Waals surface area contributed by atoms with Crippen molar-refractivity contribution in [3.05, 3.63) is 53.1 Å². The minimum absolute atomic E-state index is 0.120. The molecule has 0 spiro atoms. The first kappa shape index (κ1) is 17.9. The maximum Gasteiger partial charge on any atom is 0.315 e. The van der Waals surface area contributed by atoms with Gasteiger partial charge < -0.3 is 24.8 Å². The van der Waals surface area contributed by atoms with E-state index < -0.39 is 0 Å². The van der Waals surface area contributed by atoms with Gasteiger partial charge in [0.15, 0.2) is 11.5 Å². The summed E-state index contributed by atoms with van der Waals surface area (Å²) >= 11 is 0. The molecule has 1 aliphatic heterocycles. The molecule has 1 heterocycles. The van der Waals surface area contributed by atoms with Crippen LogP contribution in [-0.2, 0) is 6.54 Å². The summed E-state index contributed by atoms with van der Waals surface area (Å²) in [6.45, 7) is 6.99. The molecule has 1 atom stereocenters. The van der Waals surface area contributed by atoms with E-state index in [1.54, 1.807) is 0 Å². The van der Waals surface area contributed by atoms with Crippen LogP contribution >= 0.6 is 0 Å². The highest BCUT2D eigenvalue weighted by atomic mass is 16.7. The number of carbonyl (C=O) groups excluding carboxylic acids is 1. The summed E-state index contributed by atoms with van der Waals surface area (Å²) in [4.78, 5) is 12.1. The van der Waals surface area contributed by atoms with E-state index in [9.17, 15) is 4.79 Å². The molecule has 0 aromatic heterocycles. The fourth-order valence-electron chi connectivity index (χ4n) is 2.78. The first-order valence-corrected chi connectivity index (χ1v) is 8.65. The van der Waals surface area contributed by atoms with E-state index in [2.05, 4.69) is 10.6 Å². The zero-order valence-electron chi connectivity index (χ0n) is 15.3. The molecule has 0 saturated heterocycles. The van der Waals surface area contributed by atoms with Crippen LogP contribution in [0.15, 0.2) is 36.4 Å². The van der Waals surface area contributed by atoms with Crippen molar-refractivity contribution >= 4 is 6.03 Å². The minimum atomic E-state index is -0.236. The van der Waals surface area contributed by atoms with Crippen LogP contribution in [0.3, 0.4) is 0 Å². The molecular weight excluding hydrogens is 332 g/mol. The van der Waals surface area contributed by atoms with Gasteiger partial charge in [0.05, 0.1) is 6.04 Å². The van der Waals surface area contributed by atoms with Gasteiger partial charge in [0, 0.05) is 6.54 Å². The monoisotopic (exact) mass is 356 g/mol. The van der Waals surface area contributed by atoms with Crippen molar-refractivity contribution in [2.24, 2.45) is 0 Å². The van der Waals surface area contributed by atoms with E-state index in [0.717, 1.165) is 28.2 Å². The molecule has 0 fully saturated rings. The Kier molecular flexibility index (Phi) is 5.51. The number of rotatable bonds is 6. The second-order valence-electron chi connectivity index (χ2n) is 6.45. The molecule has 0 radical (unpaired) electrons. The first-order chi connectivity index (χ1) is 12.5. The Hall–Kier alpha value is -2.89. The lowest BCUT2D eigenvalue weighted by Crippen LogP contribution is -2.43. The Morgan fingerprint density at radius 3 is 2.65 bits per heavy atom. The van der Waals surface area contributed by atoms with Crippen LogP contribution in [0.4, 0.5) is 4.79 Å². The van der Waals surface area contributed by atoms with Gasteiger partial charge in [-0.05, 0) is 49.6 Å². The third-order valence-corrected chi connectivity index (χ3v) is 4.15. The second-order valence-corrected chi connectivity index (χ2v) is 6.45. The Morgan fingerprint density at radius 1 is 1.15 bits per heavy atom. The summed E-state index contributed by atoms with van der Waals surface area (Å²) in [5, 5.41) is 5.72. The van der Waals surface area contributed by atoms with Gasteiger partial charge in [-0.2, -0.15) is 0 Å². The molecule has 2 amide bonds. The molecule has 6 heteroatoms. The first-order valence-electron chi connectivity index (χ1n) is 8.65. The molecule has 2 aromatic carbocycles. The van der Waals surface area contributed by atoms with E-state index in [1.807, 2.05) is 57.2 Å². The highest BCUT2D eigenvalue weighted by molar-refractivity contribution is 5.74. The van der Waals surface area contributed by atoms with Crippen LogP contribution < -0.4 is 24.8 Å². The zero-order chi connectivity index (χ0) is 18.5. The van der Waals surface area contributed by atoms with Gasteiger partial charge in [0.2, 0.25) is 6.79 Å². The Morgan fingerprint density at radius 2 is 1.88 bits per heavy atom. The Balaban J connectivity index is 1.44. The molecule has 1 aliphatic rings. The Bertz CT molecular complexity index is 771. The highest BCUT2D eigenvalue weighted by Crippen LogP contribution is 2.32. The zero-order valence-corrected chi connectivity index (χ0v) is 15.3. The average Bonchev–Trinajstić information content (AvgIpc) is 3.07. The number of amides is 2. The van der Waals surface area contributed by atoms with Crippen molar-refractivity contribution in [3.8, 4) is 17.2 Å². The number of benzene rings is 2. The summed E-state index contributed by atoms with van der Waals surface area (Å²) in [7, 11) is 0. The van der Waals surface area contributed by atoms with Gasteiger partial charge in [-0.25, -0.2) is 4.79 Å². The van der Waals surface area contributed by atoms with Gasteiger partial charge in [0.1, 0.15) is 12.4 Å². The maximum atomic E-state index is 12.1. The van der Waals surface area contributed by atoms with Crippen molar-refractivity contribution in [3.63, 3.8) is 0 Å². The molecule has 138 valence electrons. The van der Waals surface area contributed by atoms with Crippen molar-refractivity contribution in [1.82, 2.24) is 10.6 Å². The molecule has 3 rings (SSSR count). The number of fused-ring (bicyclic) bond motifs is 1. The lowest BCUT2D eigenvalue weighted by Gasteiger charge is -2.18. The standard InChI is InChI=1S/C20H24N2O4/c1-13-5-4-6-14(2)19(13)24-11-15(3)22-20(23)21-10-16-7-8-17-18(9-16)26-12-25-17/h4-9,15H,10-12H2,1-3H3,(H2,21,22,23). The average molecular weight is 356 g/mol. The SMILES string of the molecule is Cc1cccc(C)c1OCC(C)NC(=O)NCc1ccc2c(c1)OCO2. The smallest absolute Gasteiger partial charge is 0.315 e. The van der Waals surface area contributed by atoms with Crippen LogP contribution in [0.5, 0.6) is 17.2 Å². The molecule has 2 N–H and O–H groups in total. The summed E-state index contributed by atoms with van der Waals surface area (Å²) in [5.74, 6) is 2.32. The predicted molar refractivity (Wildman–Crippen MR) is 98.8 cm³/mol. The van der Waals surface area contributed by atoms with E-state index in [0.29, 0.717) is 18.9 Å². The van der Waals surface area contributed by atoms with E-state index in [1.165, 1.54) is 0 Å². The van der Waals surface area contributed by atoms with Gasteiger partial charge >= 0.3 is 6.03 Å². The molecular formula is C20H24N2O4. The largest absolute Gasteiger partial charge is 0.491 e. The number of hydrogen-bond acceptors (Lipinski definition) is 4. The topological polar surface area (TPSA) is 68.8 Å². The number of carbonyl (C=O) groups is 1. The Labute approximate surface area is 153 Å². The van der Waals surface area contributed by atoms with Gasteiger partial charge in [-0.3, -0.25) is 0 Å². The minimum Gasteiger partial charge on any atom is -0.491 e. The maximum absolute atomic E-state index is 12.1. The summed E-state index contributed by atoms with van der Waals surface area (Å²) in [5.41, 5.74) is 3.12. The number of ether oxygens (including phenoxy) is 3. The van der Waals surface area contributed by atoms with E-state index >= 15 is 0 Å². The molecule has 26 heavy (non-hydrogen) atoms. The highest BCUT2D eigenvalue weighted by Gasteiger charge is 2.14. The predicted octanol–water partition coefficient (Wildman–Crippen LogP) is 3.30. The molecule has 0 bridgehead atoms.